The molecule has 2 atom stereocenters. The Hall–Kier alpha value is -1.62. The van der Waals surface area contributed by atoms with E-state index in [4.69, 9.17) is 11.6 Å². The summed E-state index contributed by atoms with van der Waals surface area (Å²) in [6.07, 6.45) is 1.87. The number of rotatable bonds is 1. The third kappa shape index (κ3) is 2.39. The highest BCUT2D eigenvalue weighted by Crippen LogP contribution is 2.28. The Bertz CT molecular complexity index is 607. The van der Waals surface area contributed by atoms with Crippen LogP contribution < -0.4 is 0 Å². The number of amides is 2. The number of carbonyl (C=O) groups excluding carboxylic acids is 2. The Balaban J connectivity index is 1.90. The van der Waals surface area contributed by atoms with Crippen molar-refractivity contribution in [2.45, 2.75) is 31.8 Å². The van der Waals surface area contributed by atoms with Gasteiger partial charge in [-0.15, -0.1) is 0 Å². The van der Waals surface area contributed by atoms with E-state index in [1.807, 2.05) is 4.90 Å². The average molecular weight is 311 g/mol. The number of hydrogen-bond acceptors (Lipinski definition) is 2. The van der Waals surface area contributed by atoms with E-state index in [1.54, 1.807) is 6.92 Å². The van der Waals surface area contributed by atoms with Crippen LogP contribution in [0.4, 0.5) is 4.39 Å². The third-order valence-corrected chi connectivity index (χ3v) is 4.64. The molecule has 0 aliphatic carbocycles. The summed E-state index contributed by atoms with van der Waals surface area (Å²) in [6.45, 7) is 2.96. The van der Waals surface area contributed by atoms with Crippen molar-refractivity contribution >= 4 is 23.4 Å². The summed E-state index contributed by atoms with van der Waals surface area (Å²) < 4.78 is 13.4. The van der Waals surface area contributed by atoms with Crippen LogP contribution in [0.25, 0.3) is 0 Å². The van der Waals surface area contributed by atoms with Crippen LogP contribution in [0.1, 0.15) is 30.1 Å². The van der Waals surface area contributed by atoms with Crippen LogP contribution in [-0.4, -0.2) is 46.8 Å². The van der Waals surface area contributed by atoms with Gasteiger partial charge in [0.25, 0.3) is 5.91 Å². The standard InChI is InChI=1S/C15H16ClFN2O2/c1-9-14(20)18-6-2-3-11(18)8-19(9)15(21)12-7-10(17)4-5-13(12)16/h4-5,7,9,11H,2-3,6,8H2,1H3/t9-,11-/m0/s1. The summed E-state index contributed by atoms with van der Waals surface area (Å²) >= 11 is 6.00. The molecule has 0 bridgehead atoms. The molecule has 6 heteroatoms. The quantitative estimate of drug-likeness (QED) is 0.798. The van der Waals surface area contributed by atoms with Crippen LogP contribution >= 0.6 is 11.6 Å². The Labute approximate surface area is 127 Å². The molecule has 0 aromatic heterocycles. The molecule has 0 N–H and O–H groups in total. The molecular formula is C15H16ClFN2O2. The Morgan fingerprint density at radius 3 is 2.95 bits per heavy atom. The van der Waals surface area contributed by atoms with E-state index in [-0.39, 0.29) is 28.4 Å². The Kier molecular flexibility index (Phi) is 3.61. The smallest absolute Gasteiger partial charge is 0.256 e. The number of hydrogen-bond donors (Lipinski definition) is 0. The number of nitrogens with zero attached hydrogens (tertiary/aromatic N) is 2. The van der Waals surface area contributed by atoms with Crippen LogP contribution in [0.2, 0.25) is 5.02 Å². The zero-order valence-electron chi connectivity index (χ0n) is 11.7. The molecule has 2 aliphatic rings. The van der Waals surface area contributed by atoms with Gasteiger partial charge in [-0.05, 0) is 38.0 Å². The summed E-state index contributed by atoms with van der Waals surface area (Å²) in [5, 5.41) is 0.204. The molecule has 21 heavy (non-hydrogen) atoms. The molecule has 0 saturated carbocycles. The van der Waals surface area contributed by atoms with Crippen LogP contribution in [-0.2, 0) is 4.79 Å². The van der Waals surface area contributed by atoms with Crippen molar-refractivity contribution in [3.8, 4) is 0 Å². The minimum atomic E-state index is -0.536. The molecule has 2 fully saturated rings. The maximum absolute atomic E-state index is 13.4. The highest BCUT2D eigenvalue weighted by molar-refractivity contribution is 6.33. The van der Waals surface area contributed by atoms with Crippen molar-refractivity contribution in [1.82, 2.24) is 9.80 Å². The summed E-state index contributed by atoms with van der Waals surface area (Å²) in [6, 6.07) is 3.24. The van der Waals surface area contributed by atoms with Gasteiger partial charge in [0.15, 0.2) is 0 Å². The van der Waals surface area contributed by atoms with Gasteiger partial charge in [-0.1, -0.05) is 11.6 Å². The summed E-state index contributed by atoms with van der Waals surface area (Å²) in [5.41, 5.74) is 0.114. The van der Waals surface area contributed by atoms with Gasteiger partial charge < -0.3 is 9.80 Å². The zero-order chi connectivity index (χ0) is 15.1. The number of piperazine rings is 1. The van der Waals surface area contributed by atoms with E-state index in [0.717, 1.165) is 25.5 Å². The molecular weight excluding hydrogens is 295 g/mol. The lowest BCUT2D eigenvalue weighted by Crippen LogP contribution is -2.60. The van der Waals surface area contributed by atoms with Gasteiger partial charge in [-0.3, -0.25) is 9.59 Å². The average Bonchev–Trinajstić information content (AvgIpc) is 2.93. The highest BCUT2D eigenvalue weighted by Gasteiger charge is 2.42. The second-order valence-electron chi connectivity index (χ2n) is 5.59. The molecule has 112 valence electrons. The molecule has 0 spiro atoms. The number of carbonyl (C=O) groups is 2. The zero-order valence-corrected chi connectivity index (χ0v) is 12.4. The first kappa shape index (κ1) is 14.3. The molecule has 4 nitrogen and oxygen atoms in total. The lowest BCUT2D eigenvalue weighted by molar-refractivity contribution is -0.141. The summed E-state index contributed by atoms with van der Waals surface area (Å²) in [7, 11) is 0. The van der Waals surface area contributed by atoms with E-state index < -0.39 is 11.9 Å². The minimum Gasteiger partial charge on any atom is -0.336 e. The largest absolute Gasteiger partial charge is 0.336 e. The summed E-state index contributed by atoms with van der Waals surface area (Å²) in [4.78, 5) is 28.3. The van der Waals surface area contributed by atoms with E-state index in [0.29, 0.717) is 6.54 Å². The molecule has 0 unspecified atom stereocenters. The van der Waals surface area contributed by atoms with Crippen molar-refractivity contribution in [2.24, 2.45) is 0 Å². The molecule has 1 aromatic rings. The topological polar surface area (TPSA) is 40.6 Å². The monoisotopic (exact) mass is 310 g/mol. The van der Waals surface area contributed by atoms with Crippen molar-refractivity contribution < 1.29 is 14.0 Å². The van der Waals surface area contributed by atoms with E-state index in [9.17, 15) is 14.0 Å². The minimum absolute atomic E-state index is 0.0374. The van der Waals surface area contributed by atoms with Gasteiger partial charge in [0.05, 0.1) is 10.6 Å². The van der Waals surface area contributed by atoms with E-state index in [2.05, 4.69) is 0 Å². The predicted octanol–water partition coefficient (Wildman–Crippen LogP) is 2.31. The first-order valence-electron chi connectivity index (χ1n) is 7.05. The van der Waals surface area contributed by atoms with Gasteiger partial charge in [0.2, 0.25) is 5.91 Å². The molecule has 2 amide bonds. The van der Waals surface area contributed by atoms with E-state index >= 15 is 0 Å². The Morgan fingerprint density at radius 2 is 2.19 bits per heavy atom. The molecule has 2 heterocycles. The molecule has 2 saturated heterocycles. The molecule has 1 aromatic carbocycles. The second kappa shape index (κ2) is 5.30. The maximum Gasteiger partial charge on any atom is 0.256 e. The first-order valence-corrected chi connectivity index (χ1v) is 7.43. The second-order valence-corrected chi connectivity index (χ2v) is 5.99. The number of fused-ring (bicyclic) bond motifs is 1. The van der Waals surface area contributed by atoms with Gasteiger partial charge >= 0.3 is 0 Å². The normalized spacial score (nSPS) is 25.2. The summed E-state index contributed by atoms with van der Waals surface area (Å²) in [5.74, 6) is -0.933. The fraction of sp³-hybridized carbons (Fsp3) is 0.467. The van der Waals surface area contributed by atoms with Gasteiger partial charge in [0, 0.05) is 19.1 Å². The fourth-order valence-corrected chi connectivity index (χ4v) is 3.35. The van der Waals surface area contributed by atoms with E-state index in [1.165, 1.54) is 17.0 Å². The van der Waals surface area contributed by atoms with Crippen molar-refractivity contribution in [3.05, 3.63) is 34.6 Å². The fourth-order valence-electron chi connectivity index (χ4n) is 3.15. The molecule has 0 radical (unpaired) electrons. The lowest BCUT2D eigenvalue weighted by atomic mass is 10.1. The van der Waals surface area contributed by atoms with Gasteiger partial charge in [-0.25, -0.2) is 4.39 Å². The lowest BCUT2D eigenvalue weighted by Gasteiger charge is -2.41. The van der Waals surface area contributed by atoms with Crippen molar-refractivity contribution in [3.63, 3.8) is 0 Å². The molecule has 3 rings (SSSR count). The first-order chi connectivity index (χ1) is 9.99. The van der Waals surface area contributed by atoms with Crippen LogP contribution in [0.3, 0.4) is 0 Å². The van der Waals surface area contributed by atoms with Gasteiger partial charge in [0.1, 0.15) is 11.9 Å². The van der Waals surface area contributed by atoms with Gasteiger partial charge in [-0.2, -0.15) is 0 Å². The predicted molar refractivity (Wildman–Crippen MR) is 76.6 cm³/mol. The maximum atomic E-state index is 13.4. The van der Waals surface area contributed by atoms with Crippen LogP contribution in [0.15, 0.2) is 18.2 Å². The van der Waals surface area contributed by atoms with Crippen LogP contribution in [0.5, 0.6) is 0 Å². The van der Waals surface area contributed by atoms with Crippen molar-refractivity contribution in [2.75, 3.05) is 13.1 Å². The number of halogens is 2. The Morgan fingerprint density at radius 1 is 1.43 bits per heavy atom. The number of benzene rings is 1. The van der Waals surface area contributed by atoms with Crippen LogP contribution in [0, 0.1) is 5.82 Å². The highest BCUT2D eigenvalue weighted by atomic mass is 35.5. The van der Waals surface area contributed by atoms with Crippen molar-refractivity contribution in [1.29, 1.82) is 0 Å². The SMILES string of the molecule is C[C@H]1C(=O)N2CCC[C@H]2CN1C(=O)c1cc(F)ccc1Cl. The third-order valence-electron chi connectivity index (χ3n) is 4.31. The molecule has 2 aliphatic heterocycles.